The number of rotatable bonds is 10. The SMILES string of the molecule is Cl.NCCCCCCC(=O)Nc1ccc(Oc2ccc(S(N)(=O)=O)cc2)cc1. The fourth-order valence-electron chi connectivity index (χ4n) is 2.45. The lowest BCUT2D eigenvalue weighted by atomic mass is 10.1. The Morgan fingerprint density at radius 1 is 0.893 bits per heavy atom. The van der Waals surface area contributed by atoms with Crippen molar-refractivity contribution < 1.29 is 17.9 Å². The number of anilines is 1. The van der Waals surface area contributed by atoms with Crippen LogP contribution in [0.2, 0.25) is 0 Å². The molecule has 0 radical (unpaired) electrons. The van der Waals surface area contributed by atoms with Crippen molar-refractivity contribution in [3.05, 3.63) is 48.5 Å². The topological polar surface area (TPSA) is 125 Å². The van der Waals surface area contributed by atoms with Crippen LogP contribution in [0.4, 0.5) is 5.69 Å². The Labute approximate surface area is 171 Å². The first-order valence-electron chi connectivity index (χ1n) is 8.79. The normalized spacial score (nSPS) is 10.8. The minimum Gasteiger partial charge on any atom is -0.457 e. The number of hydrogen-bond acceptors (Lipinski definition) is 5. The summed E-state index contributed by atoms with van der Waals surface area (Å²) in [5, 5.41) is 7.91. The van der Waals surface area contributed by atoms with Gasteiger partial charge in [-0.05, 0) is 67.9 Å². The van der Waals surface area contributed by atoms with Crippen molar-refractivity contribution in [2.75, 3.05) is 11.9 Å². The minimum absolute atomic E-state index is 0. The molecule has 1 amide bonds. The number of benzene rings is 2. The van der Waals surface area contributed by atoms with Gasteiger partial charge in [0.2, 0.25) is 15.9 Å². The molecule has 0 aliphatic carbocycles. The van der Waals surface area contributed by atoms with Crippen LogP contribution in [0.1, 0.15) is 32.1 Å². The molecule has 0 heterocycles. The van der Waals surface area contributed by atoms with Crippen molar-refractivity contribution in [2.45, 2.75) is 37.0 Å². The van der Waals surface area contributed by atoms with E-state index in [1.54, 1.807) is 24.3 Å². The zero-order valence-corrected chi connectivity index (χ0v) is 17.1. The summed E-state index contributed by atoms with van der Waals surface area (Å²) in [5.74, 6) is 1.03. The van der Waals surface area contributed by atoms with Gasteiger partial charge >= 0.3 is 0 Å². The molecule has 0 atom stereocenters. The Morgan fingerprint density at radius 3 is 1.96 bits per heavy atom. The highest BCUT2D eigenvalue weighted by molar-refractivity contribution is 7.89. The molecule has 5 N–H and O–H groups in total. The number of nitrogens with two attached hydrogens (primary N) is 2. The van der Waals surface area contributed by atoms with Crippen LogP contribution < -0.4 is 20.9 Å². The van der Waals surface area contributed by atoms with Gasteiger partial charge in [0, 0.05) is 12.1 Å². The van der Waals surface area contributed by atoms with Gasteiger partial charge in [0.1, 0.15) is 11.5 Å². The zero-order chi connectivity index (χ0) is 19.7. The number of unbranched alkanes of at least 4 members (excludes halogenated alkanes) is 3. The van der Waals surface area contributed by atoms with Crippen LogP contribution in [0.5, 0.6) is 11.5 Å². The van der Waals surface area contributed by atoms with E-state index in [2.05, 4.69) is 5.32 Å². The smallest absolute Gasteiger partial charge is 0.238 e. The van der Waals surface area contributed by atoms with Crippen LogP contribution in [0, 0.1) is 0 Å². The second-order valence-corrected chi connectivity index (χ2v) is 7.71. The van der Waals surface area contributed by atoms with E-state index in [-0.39, 0.29) is 23.2 Å². The number of nitrogens with one attached hydrogen (secondary N) is 1. The third-order valence-corrected chi connectivity index (χ3v) is 4.81. The average Bonchev–Trinajstić information content (AvgIpc) is 2.63. The van der Waals surface area contributed by atoms with Gasteiger partial charge in [-0.2, -0.15) is 0 Å². The molecule has 0 spiro atoms. The first-order valence-corrected chi connectivity index (χ1v) is 10.3. The van der Waals surface area contributed by atoms with E-state index in [0.29, 0.717) is 30.2 Å². The number of hydrogen-bond donors (Lipinski definition) is 3. The molecule has 0 saturated carbocycles. The number of halogens is 1. The zero-order valence-electron chi connectivity index (χ0n) is 15.5. The van der Waals surface area contributed by atoms with E-state index in [1.165, 1.54) is 24.3 Å². The summed E-state index contributed by atoms with van der Waals surface area (Å²) in [4.78, 5) is 11.9. The van der Waals surface area contributed by atoms with Gasteiger partial charge in [-0.15, -0.1) is 12.4 Å². The van der Waals surface area contributed by atoms with Crippen molar-refractivity contribution in [3.8, 4) is 11.5 Å². The molecule has 0 aromatic heterocycles. The second-order valence-electron chi connectivity index (χ2n) is 6.14. The van der Waals surface area contributed by atoms with E-state index in [4.69, 9.17) is 15.6 Å². The molecule has 2 aromatic carbocycles. The molecule has 2 aromatic rings. The summed E-state index contributed by atoms with van der Waals surface area (Å²) in [6.45, 7) is 0.691. The Bertz CT molecular complexity index is 840. The molecule has 0 aliphatic heterocycles. The molecule has 9 heteroatoms. The first-order chi connectivity index (χ1) is 12.9. The first kappa shape index (κ1) is 23.9. The maximum Gasteiger partial charge on any atom is 0.238 e. The second kappa shape index (κ2) is 11.7. The minimum atomic E-state index is -3.72. The summed E-state index contributed by atoms with van der Waals surface area (Å²) >= 11 is 0. The van der Waals surface area contributed by atoms with Gasteiger partial charge in [-0.3, -0.25) is 4.79 Å². The molecule has 0 unspecified atom stereocenters. The third-order valence-electron chi connectivity index (χ3n) is 3.88. The number of carbonyl (C=O) groups is 1. The molecule has 0 bridgehead atoms. The van der Waals surface area contributed by atoms with Gasteiger partial charge in [-0.25, -0.2) is 13.6 Å². The molecule has 2 rings (SSSR count). The standard InChI is InChI=1S/C19H25N3O4S.ClH/c20-14-4-2-1-3-5-19(23)22-15-6-8-16(9-7-15)26-17-10-12-18(13-11-17)27(21,24)25;/h6-13H,1-5,14,20H2,(H,22,23)(H2,21,24,25);1H. The lowest BCUT2D eigenvalue weighted by Crippen LogP contribution is -2.11. The van der Waals surface area contributed by atoms with Crippen molar-refractivity contribution in [2.24, 2.45) is 10.9 Å². The van der Waals surface area contributed by atoms with Gasteiger partial charge in [0.25, 0.3) is 0 Å². The molecule has 154 valence electrons. The van der Waals surface area contributed by atoms with Crippen LogP contribution in [-0.2, 0) is 14.8 Å². The third kappa shape index (κ3) is 8.26. The average molecular weight is 428 g/mol. The Morgan fingerprint density at radius 2 is 1.43 bits per heavy atom. The summed E-state index contributed by atoms with van der Waals surface area (Å²) in [6.07, 6.45) is 4.38. The van der Waals surface area contributed by atoms with Crippen LogP contribution in [-0.4, -0.2) is 20.9 Å². The number of sulfonamides is 1. The summed E-state index contributed by atoms with van der Waals surface area (Å²) in [7, 11) is -3.72. The molecule has 7 nitrogen and oxygen atoms in total. The van der Waals surface area contributed by atoms with Crippen molar-refractivity contribution in [3.63, 3.8) is 0 Å². The maximum atomic E-state index is 11.9. The number of primary sulfonamides is 1. The van der Waals surface area contributed by atoms with Crippen molar-refractivity contribution in [1.29, 1.82) is 0 Å². The van der Waals surface area contributed by atoms with E-state index >= 15 is 0 Å². The number of ether oxygens (including phenoxy) is 1. The lowest BCUT2D eigenvalue weighted by molar-refractivity contribution is -0.116. The highest BCUT2D eigenvalue weighted by atomic mass is 35.5. The predicted molar refractivity (Wildman–Crippen MR) is 112 cm³/mol. The van der Waals surface area contributed by atoms with Crippen LogP contribution in [0.3, 0.4) is 0 Å². The van der Waals surface area contributed by atoms with E-state index in [9.17, 15) is 13.2 Å². The van der Waals surface area contributed by atoms with Gasteiger partial charge in [-0.1, -0.05) is 12.8 Å². The highest BCUT2D eigenvalue weighted by Gasteiger charge is 2.08. The van der Waals surface area contributed by atoms with E-state index < -0.39 is 10.0 Å². The summed E-state index contributed by atoms with van der Waals surface area (Å²) in [5.41, 5.74) is 6.13. The van der Waals surface area contributed by atoms with E-state index in [0.717, 1.165) is 25.7 Å². The fraction of sp³-hybridized carbons (Fsp3) is 0.316. The van der Waals surface area contributed by atoms with Crippen molar-refractivity contribution >= 4 is 34.0 Å². The molecular formula is C19H26ClN3O4S. The number of amides is 1. The Hall–Kier alpha value is -2.13. The number of carbonyl (C=O) groups excluding carboxylic acids is 1. The molecule has 0 fully saturated rings. The molecule has 0 saturated heterocycles. The maximum absolute atomic E-state index is 11.9. The Kier molecular flexibility index (Phi) is 9.95. The van der Waals surface area contributed by atoms with E-state index in [1.807, 2.05) is 0 Å². The van der Waals surface area contributed by atoms with Gasteiger partial charge in [0.15, 0.2) is 0 Å². The largest absolute Gasteiger partial charge is 0.457 e. The van der Waals surface area contributed by atoms with Crippen LogP contribution in [0.25, 0.3) is 0 Å². The molecule has 28 heavy (non-hydrogen) atoms. The highest BCUT2D eigenvalue weighted by Crippen LogP contribution is 2.24. The quantitative estimate of drug-likeness (QED) is 0.501. The van der Waals surface area contributed by atoms with Crippen LogP contribution in [0.15, 0.2) is 53.4 Å². The lowest BCUT2D eigenvalue weighted by Gasteiger charge is -2.09. The Balaban J connectivity index is 0.00000392. The molecule has 0 aliphatic rings. The molecular weight excluding hydrogens is 402 g/mol. The predicted octanol–water partition coefficient (Wildman–Crippen LogP) is 3.40. The summed E-state index contributed by atoms with van der Waals surface area (Å²) < 4.78 is 28.1. The van der Waals surface area contributed by atoms with Crippen molar-refractivity contribution in [1.82, 2.24) is 0 Å². The summed E-state index contributed by atoms with van der Waals surface area (Å²) in [6, 6.07) is 12.8. The fourth-order valence-corrected chi connectivity index (χ4v) is 2.96. The van der Waals surface area contributed by atoms with Gasteiger partial charge < -0.3 is 15.8 Å². The van der Waals surface area contributed by atoms with Crippen LogP contribution >= 0.6 is 12.4 Å². The monoisotopic (exact) mass is 427 g/mol. The van der Waals surface area contributed by atoms with Gasteiger partial charge in [0.05, 0.1) is 4.90 Å².